The second-order valence-electron chi connectivity index (χ2n) is 5.31. The quantitative estimate of drug-likeness (QED) is 0.671. The normalized spacial score (nSPS) is 10.9. The van der Waals surface area contributed by atoms with E-state index in [0.29, 0.717) is 18.2 Å². The molecule has 0 atom stereocenters. The zero-order chi connectivity index (χ0) is 16.8. The van der Waals surface area contributed by atoms with Crippen molar-refractivity contribution in [3.63, 3.8) is 0 Å². The number of pyridine rings is 1. The van der Waals surface area contributed by atoms with Crippen molar-refractivity contribution in [1.29, 1.82) is 0 Å². The van der Waals surface area contributed by atoms with E-state index in [2.05, 4.69) is 15.3 Å². The van der Waals surface area contributed by atoms with Gasteiger partial charge in [-0.1, -0.05) is 42.5 Å². The van der Waals surface area contributed by atoms with E-state index in [1.807, 2.05) is 74.0 Å². The molecule has 0 unspecified atom stereocenters. The molecule has 3 aromatic rings. The molecule has 0 saturated carbocycles. The minimum atomic E-state index is 0.493. The summed E-state index contributed by atoms with van der Waals surface area (Å²) in [6.45, 7) is 4.44. The zero-order valence-corrected chi connectivity index (χ0v) is 14.5. The number of allylic oxidation sites excluding steroid dienone is 1. The van der Waals surface area contributed by atoms with Crippen LogP contribution >= 0.6 is 11.3 Å². The van der Waals surface area contributed by atoms with Gasteiger partial charge in [0.25, 0.3) is 0 Å². The Morgan fingerprint density at radius 1 is 1.25 bits per heavy atom. The van der Waals surface area contributed by atoms with E-state index in [4.69, 9.17) is 4.74 Å². The van der Waals surface area contributed by atoms with E-state index >= 15 is 0 Å². The highest BCUT2D eigenvalue weighted by atomic mass is 32.1. The number of hydrogen-bond donors (Lipinski definition) is 1. The van der Waals surface area contributed by atoms with Crippen LogP contribution in [0, 0.1) is 6.92 Å². The van der Waals surface area contributed by atoms with E-state index in [0.717, 1.165) is 22.0 Å². The Labute approximate surface area is 145 Å². The number of aromatic nitrogens is 2. The highest BCUT2D eigenvalue weighted by Crippen LogP contribution is 2.29. The lowest BCUT2D eigenvalue weighted by atomic mass is 10.2. The third-order valence-electron chi connectivity index (χ3n) is 3.31. The lowest BCUT2D eigenvalue weighted by molar-refractivity contribution is 0.307. The Morgan fingerprint density at radius 3 is 2.79 bits per heavy atom. The molecule has 0 aliphatic heterocycles. The first-order chi connectivity index (χ1) is 11.7. The second kappa shape index (κ2) is 7.75. The van der Waals surface area contributed by atoms with Gasteiger partial charge in [0, 0.05) is 11.6 Å². The first-order valence-corrected chi connectivity index (χ1v) is 8.61. The van der Waals surface area contributed by atoms with Crippen molar-refractivity contribution in [3.05, 3.63) is 70.9 Å². The van der Waals surface area contributed by atoms with Gasteiger partial charge >= 0.3 is 0 Å². The van der Waals surface area contributed by atoms with Crippen molar-refractivity contribution in [1.82, 2.24) is 9.97 Å². The summed E-state index contributed by atoms with van der Waals surface area (Å²) in [4.78, 5) is 8.92. The van der Waals surface area contributed by atoms with Crippen LogP contribution in [0.15, 0.2) is 54.1 Å². The van der Waals surface area contributed by atoms with Crippen molar-refractivity contribution in [2.24, 2.45) is 0 Å². The molecule has 24 heavy (non-hydrogen) atoms. The molecule has 4 nitrogen and oxygen atoms in total. The van der Waals surface area contributed by atoms with Crippen molar-refractivity contribution in [3.8, 4) is 5.75 Å². The van der Waals surface area contributed by atoms with Crippen LogP contribution in [-0.2, 0) is 6.61 Å². The minimum Gasteiger partial charge on any atom is -0.485 e. The van der Waals surface area contributed by atoms with Gasteiger partial charge in [0.1, 0.15) is 6.61 Å². The molecule has 0 aliphatic carbocycles. The molecule has 1 aromatic carbocycles. The fraction of sp³-hybridized carbons (Fsp3) is 0.158. The minimum absolute atomic E-state index is 0.493. The van der Waals surface area contributed by atoms with Gasteiger partial charge in [-0.05, 0) is 31.0 Å². The van der Waals surface area contributed by atoms with Crippen LogP contribution in [0.25, 0.3) is 6.08 Å². The average Bonchev–Trinajstić information content (AvgIpc) is 3.01. The maximum atomic E-state index is 6.01. The van der Waals surface area contributed by atoms with Gasteiger partial charge in [0.05, 0.1) is 5.69 Å². The van der Waals surface area contributed by atoms with Gasteiger partial charge < -0.3 is 10.1 Å². The number of ether oxygens (including phenoxy) is 1. The van der Waals surface area contributed by atoms with Gasteiger partial charge in [-0.25, -0.2) is 9.97 Å². The zero-order valence-electron chi connectivity index (χ0n) is 13.7. The predicted octanol–water partition coefficient (Wildman–Crippen LogP) is 5.20. The molecule has 0 aliphatic rings. The van der Waals surface area contributed by atoms with Crippen LogP contribution in [0.3, 0.4) is 0 Å². The van der Waals surface area contributed by atoms with E-state index in [-0.39, 0.29) is 0 Å². The summed E-state index contributed by atoms with van der Waals surface area (Å²) in [7, 11) is 0. The fourth-order valence-electron chi connectivity index (χ4n) is 2.20. The first kappa shape index (κ1) is 16.2. The summed E-state index contributed by atoms with van der Waals surface area (Å²) in [6.07, 6.45) is 5.80. The maximum Gasteiger partial charge on any atom is 0.188 e. The number of anilines is 2. The molecule has 3 rings (SSSR count). The average molecular weight is 337 g/mol. The van der Waals surface area contributed by atoms with Gasteiger partial charge in [0.15, 0.2) is 16.7 Å². The molecule has 122 valence electrons. The van der Waals surface area contributed by atoms with Gasteiger partial charge in [-0.15, -0.1) is 11.3 Å². The molecular formula is C19H19N3OS. The summed E-state index contributed by atoms with van der Waals surface area (Å²) in [5.74, 6) is 1.39. The van der Waals surface area contributed by atoms with Crippen LogP contribution in [0.4, 0.5) is 10.9 Å². The lowest BCUT2D eigenvalue weighted by Gasteiger charge is -2.12. The van der Waals surface area contributed by atoms with Gasteiger partial charge in [0.2, 0.25) is 0 Å². The van der Waals surface area contributed by atoms with Crippen molar-refractivity contribution >= 4 is 28.4 Å². The van der Waals surface area contributed by atoms with E-state index in [1.54, 1.807) is 11.3 Å². The summed E-state index contributed by atoms with van der Waals surface area (Å²) < 4.78 is 6.01. The van der Waals surface area contributed by atoms with Crippen LogP contribution in [0.1, 0.15) is 23.7 Å². The molecule has 2 aromatic heterocycles. The molecular weight excluding hydrogens is 318 g/mol. The molecule has 0 fully saturated rings. The summed E-state index contributed by atoms with van der Waals surface area (Å²) in [6, 6.07) is 12.1. The number of rotatable bonds is 6. The fourth-order valence-corrected chi connectivity index (χ4v) is 2.88. The maximum absolute atomic E-state index is 6.01. The van der Waals surface area contributed by atoms with Gasteiger partial charge in [-0.3, -0.25) is 0 Å². The Kier molecular flexibility index (Phi) is 5.23. The number of benzene rings is 1. The molecule has 1 N–H and O–H groups in total. The molecule has 0 saturated heterocycles. The Bertz CT molecular complexity index is 828. The summed E-state index contributed by atoms with van der Waals surface area (Å²) in [5.41, 5.74) is 3.10. The standard InChI is InChI=1S/C19H19N3OS/c1-3-7-16-10-17(23-12-15-8-5-4-6-9-15)18(20-11-16)22-19-21-14(2)13-24-19/h3-11,13H,12H2,1-2H3,(H,20,21,22)/b7-3+. The molecule has 5 heteroatoms. The highest BCUT2D eigenvalue weighted by Gasteiger charge is 2.09. The highest BCUT2D eigenvalue weighted by molar-refractivity contribution is 7.13. The van der Waals surface area contributed by atoms with Crippen LogP contribution in [0.5, 0.6) is 5.75 Å². The first-order valence-electron chi connectivity index (χ1n) is 7.73. The van der Waals surface area contributed by atoms with Crippen LogP contribution < -0.4 is 10.1 Å². The summed E-state index contributed by atoms with van der Waals surface area (Å²) in [5, 5.41) is 6.06. The largest absolute Gasteiger partial charge is 0.485 e. The topological polar surface area (TPSA) is 47.0 Å². The summed E-state index contributed by atoms with van der Waals surface area (Å²) >= 11 is 1.55. The SMILES string of the molecule is C/C=C/c1cnc(Nc2nc(C)cs2)c(OCc2ccccc2)c1. The molecule has 0 spiro atoms. The number of nitrogens with zero attached hydrogens (tertiary/aromatic N) is 2. The number of nitrogens with one attached hydrogen (secondary N) is 1. The van der Waals surface area contributed by atoms with Crippen molar-refractivity contribution in [2.75, 3.05) is 5.32 Å². The lowest BCUT2D eigenvalue weighted by Crippen LogP contribution is -2.01. The third-order valence-corrected chi connectivity index (χ3v) is 4.19. The Balaban J connectivity index is 1.83. The van der Waals surface area contributed by atoms with E-state index < -0.39 is 0 Å². The molecule has 0 amide bonds. The van der Waals surface area contributed by atoms with Crippen LogP contribution in [0.2, 0.25) is 0 Å². The Hall–Kier alpha value is -2.66. The number of thiazole rings is 1. The molecule has 2 heterocycles. The number of aryl methyl sites for hydroxylation is 1. The van der Waals surface area contributed by atoms with E-state index in [1.165, 1.54) is 0 Å². The van der Waals surface area contributed by atoms with Gasteiger partial charge in [-0.2, -0.15) is 0 Å². The van der Waals surface area contributed by atoms with Crippen LogP contribution in [-0.4, -0.2) is 9.97 Å². The molecule has 0 radical (unpaired) electrons. The predicted molar refractivity (Wildman–Crippen MR) is 99.9 cm³/mol. The molecule has 0 bridgehead atoms. The van der Waals surface area contributed by atoms with E-state index in [9.17, 15) is 0 Å². The monoisotopic (exact) mass is 337 g/mol. The van der Waals surface area contributed by atoms with Crippen molar-refractivity contribution < 1.29 is 4.74 Å². The second-order valence-corrected chi connectivity index (χ2v) is 6.17. The smallest absolute Gasteiger partial charge is 0.188 e. The Morgan fingerprint density at radius 2 is 2.08 bits per heavy atom. The van der Waals surface area contributed by atoms with Crippen molar-refractivity contribution in [2.45, 2.75) is 20.5 Å². The third kappa shape index (κ3) is 4.20. The number of hydrogen-bond acceptors (Lipinski definition) is 5.